The standard InChI is InChI=1S/C9H13NOS/c11-8-6-10-9(12-8)7-4-2-1-3-5-7/h6-7,11H,1-5H2. The molecule has 1 heterocycles. The van der Waals surface area contributed by atoms with Crippen molar-refractivity contribution in [1.82, 2.24) is 4.98 Å². The second-order valence-electron chi connectivity index (χ2n) is 3.37. The molecule has 2 rings (SSSR count). The molecule has 1 N–H and O–H groups in total. The van der Waals surface area contributed by atoms with E-state index >= 15 is 0 Å². The average molecular weight is 183 g/mol. The monoisotopic (exact) mass is 183 g/mol. The van der Waals surface area contributed by atoms with Gasteiger partial charge in [0.1, 0.15) is 0 Å². The van der Waals surface area contributed by atoms with Crippen LogP contribution in [-0.4, -0.2) is 10.1 Å². The topological polar surface area (TPSA) is 33.1 Å². The fourth-order valence-corrected chi connectivity index (χ4v) is 2.64. The lowest BCUT2D eigenvalue weighted by molar-refractivity contribution is 0.442. The molecule has 1 fully saturated rings. The summed E-state index contributed by atoms with van der Waals surface area (Å²) in [4.78, 5) is 4.21. The minimum Gasteiger partial charge on any atom is -0.498 e. The molecule has 0 spiro atoms. The molecule has 2 nitrogen and oxygen atoms in total. The second kappa shape index (κ2) is 3.44. The van der Waals surface area contributed by atoms with Crippen molar-refractivity contribution >= 4 is 11.3 Å². The molecule has 3 heteroatoms. The first-order valence-corrected chi connectivity index (χ1v) is 5.32. The van der Waals surface area contributed by atoms with E-state index in [-0.39, 0.29) is 0 Å². The van der Waals surface area contributed by atoms with Crippen LogP contribution in [0.5, 0.6) is 5.06 Å². The Bertz CT molecular complexity index is 253. The zero-order valence-corrected chi connectivity index (χ0v) is 7.81. The van der Waals surface area contributed by atoms with Crippen molar-refractivity contribution in [1.29, 1.82) is 0 Å². The van der Waals surface area contributed by atoms with Gasteiger partial charge in [0, 0.05) is 5.92 Å². The van der Waals surface area contributed by atoms with Gasteiger partial charge in [0.05, 0.1) is 11.2 Å². The molecule has 12 heavy (non-hydrogen) atoms. The normalized spacial score (nSPS) is 19.7. The second-order valence-corrected chi connectivity index (χ2v) is 4.41. The third kappa shape index (κ3) is 1.61. The molecule has 0 aromatic carbocycles. The van der Waals surface area contributed by atoms with Crippen LogP contribution in [-0.2, 0) is 0 Å². The third-order valence-electron chi connectivity index (χ3n) is 2.47. The minimum absolute atomic E-state index is 0.357. The summed E-state index contributed by atoms with van der Waals surface area (Å²) in [6.45, 7) is 0. The van der Waals surface area contributed by atoms with Gasteiger partial charge in [-0.3, -0.25) is 0 Å². The summed E-state index contributed by atoms with van der Waals surface area (Å²) in [5.41, 5.74) is 0. The summed E-state index contributed by atoms with van der Waals surface area (Å²) in [6, 6.07) is 0. The summed E-state index contributed by atoms with van der Waals surface area (Å²) in [5.74, 6) is 0.629. The first-order valence-electron chi connectivity index (χ1n) is 4.51. The summed E-state index contributed by atoms with van der Waals surface area (Å²) in [7, 11) is 0. The Labute approximate surface area is 76.3 Å². The first kappa shape index (κ1) is 8.05. The average Bonchev–Trinajstić information content (AvgIpc) is 2.54. The molecular formula is C9H13NOS. The minimum atomic E-state index is 0.357. The summed E-state index contributed by atoms with van der Waals surface area (Å²) < 4.78 is 0. The zero-order chi connectivity index (χ0) is 8.39. The highest BCUT2D eigenvalue weighted by Crippen LogP contribution is 2.36. The lowest BCUT2D eigenvalue weighted by Crippen LogP contribution is -2.03. The quantitative estimate of drug-likeness (QED) is 0.726. The lowest BCUT2D eigenvalue weighted by atomic mass is 9.90. The molecule has 0 atom stereocenters. The zero-order valence-electron chi connectivity index (χ0n) is 6.99. The van der Waals surface area contributed by atoms with Gasteiger partial charge in [0.25, 0.3) is 0 Å². The molecule has 1 aromatic heterocycles. The Hall–Kier alpha value is -0.570. The van der Waals surface area contributed by atoms with E-state index < -0.39 is 0 Å². The molecule has 0 aliphatic heterocycles. The van der Waals surface area contributed by atoms with Crippen LogP contribution in [0.1, 0.15) is 43.0 Å². The molecule has 1 aromatic rings. The molecular weight excluding hydrogens is 170 g/mol. The summed E-state index contributed by atoms with van der Waals surface area (Å²) in [6.07, 6.45) is 8.10. The van der Waals surface area contributed by atoms with Crippen molar-refractivity contribution in [2.75, 3.05) is 0 Å². The van der Waals surface area contributed by atoms with Crippen LogP contribution in [0.4, 0.5) is 0 Å². The molecule has 1 aliphatic carbocycles. The maximum absolute atomic E-state index is 9.14. The lowest BCUT2D eigenvalue weighted by Gasteiger charge is -2.18. The van der Waals surface area contributed by atoms with Gasteiger partial charge in [0.15, 0.2) is 5.06 Å². The van der Waals surface area contributed by atoms with Gasteiger partial charge < -0.3 is 5.11 Å². The maximum Gasteiger partial charge on any atom is 0.191 e. The van der Waals surface area contributed by atoms with Gasteiger partial charge in [-0.15, -0.1) is 0 Å². The Morgan fingerprint density at radius 3 is 2.67 bits per heavy atom. The van der Waals surface area contributed by atoms with E-state index in [1.165, 1.54) is 43.4 Å². The number of thiazole rings is 1. The van der Waals surface area contributed by atoms with E-state index in [1.54, 1.807) is 6.20 Å². The van der Waals surface area contributed by atoms with Crippen LogP contribution < -0.4 is 0 Å². The Morgan fingerprint density at radius 1 is 1.33 bits per heavy atom. The van der Waals surface area contributed by atoms with Gasteiger partial charge >= 0.3 is 0 Å². The van der Waals surface area contributed by atoms with Crippen LogP contribution >= 0.6 is 11.3 Å². The SMILES string of the molecule is Oc1cnc(C2CCCCC2)s1. The maximum atomic E-state index is 9.14. The highest BCUT2D eigenvalue weighted by Gasteiger charge is 2.18. The fourth-order valence-electron chi connectivity index (χ4n) is 1.82. The van der Waals surface area contributed by atoms with E-state index in [9.17, 15) is 0 Å². The first-order chi connectivity index (χ1) is 5.86. The van der Waals surface area contributed by atoms with Crippen LogP contribution in [0.2, 0.25) is 0 Å². The van der Waals surface area contributed by atoms with Crippen molar-refractivity contribution in [3.63, 3.8) is 0 Å². The Kier molecular flexibility index (Phi) is 2.30. The predicted octanol–water partition coefficient (Wildman–Crippen LogP) is 2.90. The summed E-state index contributed by atoms with van der Waals surface area (Å²) >= 11 is 1.44. The number of rotatable bonds is 1. The van der Waals surface area contributed by atoms with Gasteiger partial charge in [-0.25, -0.2) is 4.98 Å². The van der Waals surface area contributed by atoms with Crippen LogP contribution in [0, 0.1) is 0 Å². The molecule has 66 valence electrons. The van der Waals surface area contributed by atoms with Crippen molar-refractivity contribution < 1.29 is 5.11 Å². The molecule has 0 radical (unpaired) electrons. The van der Waals surface area contributed by atoms with Gasteiger partial charge in [0.2, 0.25) is 0 Å². The van der Waals surface area contributed by atoms with Gasteiger partial charge in [-0.05, 0) is 12.8 Å². The highest BCUT2D eigenvalue weighted by atomic mass is 32.1. The number of nitrogens with zero attached hydrogens (tertiary/aromatic N) is 1. The highest BCUT2D eigenvalue weighted by molar-refractivity contribution is 7.13. The number of hydrogen-bond donors (Lipinski definition) is 1. The molecule has 0 saturated heterocycles. The van der Waals surface area contributed by atoms with Crippen molar-refractivity contribution in [3.8, 4) is 5.06 Å². The van der Waals surface area contributed by atoms with Gasteiger partial charge in [-0.2, -0.15) is 0 Å². The largest absolute Gasteiger partial charge is 0.498 e. The predicted molar refractivity (Wildman–Crippen MR) is 49.6 cm³/mol. The van der Waals surface area contributed by atoms with Crippen LogP contribution in [0.3, 0.4) is 0 Å². The van der Waals surface area contributed by atoms with E-state index in [0.717, 1.165) is 5.01 Å². The third-order valence-corrected chi connectivity index (χ3v) is 3.43. The number of aromatic nitrogens is 1. The molecule has 1 saturated carbocycles. The van der Waals surface area contributed by atoms with Gasteiger partial charge in [-0.1, -0.05) is 30.6 Å². The van der Waals surface area contributed by atoms with E-state index in [1.807, 2.05) is 0 Å². The van der Waals surface area contributed by atoms with E-state index in [2.05, 4.69) is 4.98 Å². The number of hydrogen-bond acceptors (Lipinski definition) is 3. The molecule has 1 aliphatic rings. The molecule has 0 amide bonds. The Morgan fingerprint density at radius 2 is 2.08 bits per heavy atom. The fraction of sp³-hybridized carbons (Fsp3) is 0.667. The van der Waals surface area contributed by atoms with Crippen molar-refractivity contribution in [2.24, 2.45) is 0 Å². The molecule has 0 bridgehead atoms. The molecule has 0 unspecified atom stereocenters. The van der Waals surface area contributed by atoms with Crippen LogP contribution in [0.15, 0.2) is 6.20 Å². The smallest absolute Gasteiger partial charge is 0.191 e. The summed E-state index contributed by atoms with van der Waals surface area (Å²) in [5, 5.41) is 10.6. The number of aromatic hydroxyl groups is 1. The van der Waals surface area contributed by atoms with Crippen molar-refractivity contribution in [2.45, 2.75) is 38.0 Å². The van der Waals surface area contributed by atoms with Crippen LogP contribution in [0.25, 0.3) is 0 Å². The van der Waals surface area contributed by atoms with Crippen molar-refractivity contribution in [3.05, 3.63) is 11.2 Å². The van der Waals surface area contributed by atoms with E-state index in [0.29, 0.717) is 11.0 Å². The van der Waals surface area contributed by atoms with E-state index in [4.69, 9.17) is 5.11 Å². The Balaban J connectivity index is 2.08.